The second-order valence-corrected chi connectivity index (χ2v) is 6.87. The summed E-state index contributed by atoms with van der Waals surface area (Å²) in [6.07, 6.45) is 0.638. The molecule has 5 nitrogen and oxygen atoms in total. The number of hydrogen-bond donors (Lipinski definition) is 2. The van der Waals surface area contributed by atoms with Crippen LogP contribution >= 0.6 is 0 Å². The Kier molecular flexibility index (Phi) is 7.25. The molecular formula is C22H28FN3O2. The molecule has 0 bridgehead atoms. The highest BCUT2D eigenvalue weighted by Gasteiger charge is 2.16. The summed E-state index contributed by atoms with van der Waals surface area (Å²) in [4.78, 5) is 4.70. The van der Waals surface area contributed by atoms with Crippen molar-refractivity contribution in [3.63, 3.8) is 0 Å². The van der Waals surface area contributed by atoms with E-state index >= 15 is 0 Å². The maximum atomic E-state index is 13.9. The molecule has 0 spiro atoms. The first-order valence-corrected chi connectivity index (χ1v) is 9.76. The zero-order valence-corrected chi connectivity index (χ0v) is 16.5. The average Bonchev–Trinajstić information content (AvgIpc) is 2.72. The Hall–Kier alpha value is -2.60. The quantitative estimate of drug-likeness (QED) is 0.565. The summed E-state index contributed by atoms with van der Waals surface area (Å²) >= 11 is 0. The van der Waals surface area contributed by atoms with E-state index in [1.54, 1.807) is 0 Å². The first-order chi connectivity index (χ1) is 13.7. The molecule has 28 heavy (non-hydrogen) atoms. The molecule has 0 aliphatic carbocycles. The Balaban J connectivity index is 1.59. The van der Waals surface area contributed by atoms with Gasteiger partial charge in [0.15, 0.2) is 12.8 Å². The van der Waals surface area contributed by atoms with Crippen molar-refractivity contribution >= 4 is 5.96 Å². The van der Waals surface area contributed by atoms with Gasteiger partial charge in [0.05, 0.1) is 6.61 Å². The van der Waals surface area contributed by atoms with Gasteiger partial charge in [0.1, 0.15) is 11.6 Å². The van der Waals surface area contributed by atoms with E-state index in [4.69, 9.17) is 14.5 Å². The molecule has 1 atom stereocenters. The second kappa shape index (κ2) is 10.1. The Labute approximate surface area is 166 Å². The van der Waals surface area contributed by atoms with Crippen LogP contribution in [-0.2, 0) is 17.8 Å². The Bertz CT molecular complexity index is 796. The van der Waals surface area contributed by atoms with E-state index in [0.717, 1.165) is 29.4 Å². The molecule has 0 amide bonds. The van der Waals surface area contributed by atoms with Gasteiger partial charge in [0.25, 0.3) is 0 Å². The van der Waals surface area contributed by atoms with Crippen molar-refractivity contribution in [1.29, 1.82) is 0 Å². The van der Waals surface area contributed by atoms with Crippen molar-refractivity contribution in [2.45, 2.75) is 32.8 Å². The number of halogens is 1. The zero-order valence-electron chi connectivity index (χ0n) is 16.5. The lowest BCUT2D eigenvalue weighted by molar-refractivity contribution is -0.0172. The number of benzene rings is 2. The standard InChI is InChI=1S/C22H28FN3O2/c1-3-24-22(26-13-16(2)17-7-5-4-6-8-17)25-10-9-18-11-20(23)12-19-14-27-15-28-21(18)19/h4-8,11-12,16H,3,9-10,13-15H2,1-2H3,(H2,24,25,26). The van der Waals surface area contributed by atoms with Gasteiger partial charge >= 0.3 is 0 Å². The topological polar surface area (TPSA) is 54.9 Å². The van der Waals surface area contributed by atoms with Crippen molar-refractivity contribution < 1.29 is 13.9 Å². The molecule has 1 aliphatic rings. The van der Waals surface area contributed by atoms with Gasteiger partial charge in [-0.2, -0.15) is 0 Å². The van der Waals surface area contributed by atoms with E-state index in [1.807, 2.05) is 25.1 Å². The average molecular weight is 385 g/mol. The molecule has 0 fully saturated rings. The van der Waals surface area contributed by atoms with E-state index < -0.39 is 0 Å². The van der Waals surface area contributed by atoms with Gasteiger partial charge < -0.3 is 20.1 Å². The number of hydrogen-bond acceptors (Lipinski definition) is 3. The normalized spacial score (nSPS) is 14.8. The van der Waals surface area contributed by atoms with Crippen LogP contribution in [0.4, 0.5) is 4.39 Å². The summed E-state index contributed by atoms with van der Waals surface area (Å²) in [5.74, 6) is 1.58. The van der Waals surface area contributed by atoms with Crippen LogP contribution in [0, 0.1) is 5.82 Å². The van der Waals surface area contributed by atoms with E-state index in [1.165, 1.54) is 17.7 Å². The summed E-state index contributed by atoms with van der Waals surface area (Å²) in [6.45, 7) is 6.90. The number of ether oxygens (including phenoxy) is 2. The van der Waals surface area contributed by atoms with Crippen LogP contribution in [0.3, 0.4) is 0 Å². The summed E-state index contributed by atoms with van der Waals surface area (Å²) in [5, 5.41) is 6.59. The summed E-state index contributed by atoms with van der Waals surface area (Å²) in [7, 11) is 0. The maximum absolute atomic E-state index is 13.9. The SMILES string of the molecule is CCNC(=NCC(C)c1ccccc1)NCCc1cc(F)cc2c1OCOC2. The van der Waals surface area contributed by atoms with Gasteiger partial charge in [-0.05, 0) is 36.6 Å². The van der Waals surface area contributed by atoms with Gasteiger partial charge in [0.2, 0.25) is 0 Å². The number of nitrogens with one attached hydrogen (secondary N) is 2. The third-order valence-electron chi connectivity index (χ3n) is 4.67. The molecule has 3 rings (SSSR count). The van der Waals surface area contributed by atoms with Gasteiger partial charge in [0, 0.05) is 31.1 Å². The van der Waals surface area contributed by atoms with Crippen LogP contribution in [0.1, 0.15) is 36.5 Å². The third-order valence-corrected chi connectivity index (χ3v) is 4.67. The lowest BCUT2D eigenvalue weighted by atomic mass is 10.0. The number of fused-ring (bicyclic) bond motifs is 1. The van der Waals surface area contributed by atoms with E-state index in [9.17, 15) is 4.39 Å². The fourth-order valence-electron chi connectivity index (χ4n) is 3.21. The van der Waals surface area contributed by atoms with Crippen molar-refractivity contribution in [1.82, 2.24) is 10.6 Å². The predicted molar refractivity (Wildman–Crippen MR) is 109 cm³/mol. The molecule has 2 N–H and O–H groups in total. The summed E-state index contributed by atoms with van der Waals surface area (Å²) in [6, 6.07) is 13.4. The third kappa shape index (κ3) is 5.45. The highest BCUT2D eigenvalue weighted by Crippen LogP contribution is 2.29. The van der Waals surface area contributed by atoms with Crippen LogP contribution in [-0.4, -0.2) is 32.4 Å². The molecule has 2 aromatic rings. The smallest absolute Gasteiger partial charge is 0.191 e. The van der Waals surface area contributed by atoms with Gasteiger partial charge in [-0.3, -0.25) is 4.99 Å². The lowest BCUT2D eigenvalue weighted by Gasteiger charge is -2.21. The molecule has 1 unspecified atom stereocenters. The van der Waals surface area contributed by atoms with Crippen molar-refractivity contribution in [3.05, 3.63) is 65.0 Å². The molecule has 0 saturated heterocycles. The van der Waals surface area contributed by atoms with Crippen LogP contribution in [0.5, 0.6) is 5.75 Å². The fourth-order valence-corrected chi connectivity index (χ4v) is 3.21. The van der Waals surface area contributed by atoms with Crippen molar-refractivity contribution in [2.24, 2.45) is 4.99 Å². The van der Waals surface area contributed by atoms with Crippen molar-refractivity contribution in [3.8, 4) is 5.75 Å². The number of rotatable bonds is 7. The largest absolute Gasteiger partial charge is 0.467 e. The van der Waals surface area contributed by atoms with Crippen LogP contribution < -0.4 is 15.4 Å². The molecule has 1 aliphatic heterocycles. The highest BCUT2D eigenvalue weighted by molar-refractivity contribution is 5.79. The van der Waals surface area contributed by atoms with E-state index in [0.29, 0.717) is 32.0 Å². The van der Waals surface area contributed by atoms with Crippen LogP contribution in [0.2, 0.25) is 0 Å². The lowest BCUT2D eigenvalue weighted by Crippen LogP contribution is -2.38. The Morgan fingerprint density at radius 2 is 2.04 bits per heavy atom. The minimum atomic E-state index is -0.264. The summed E-state index contributed by atoms with van der Waals surface area (Å²) < 4.78 is 24.7. The van der Waals surface area contributed by atoms with Gasteiger partial charge in [-0.25, -0.2) is 4.39 Å². The molecule has 2 aromatic carbocycles. The minimum Gasteiger partial charge on any atom is -0.467 e. The molecule has 6 heteroatoms. The fraction of sp³-hybridized carbons (Fsp3) is 0.409. The molecule has 150 valence electrons. The first-order valence-electron chi connectivity index (χ1n) is 9.76. The zero-order chi connectivity index (χ0) is 19.8. The molecule has 1 heterocycles. The van der Waals surface area contributed by atoms with Gasteiger partial charge in [-0.15, -0.1) is 0 Å². The summed E-state index contributed by atoms with van der Waals surface area (Å²) in [5.41, 5.74) is 2.88. The number of aliphatic imine (C=N–C) groups is 1. The van der Waals surface area contributed by atoms with E-state index in [-0.39, 0.29) is 12.6 Å². The Morgan fingerprint density at radius 1 is 1.21 bits per heavy atom. The highest BCUT2D eigenvalue weighted by atomic mass is 19.1. The number of nitrogens with zero attached hydrogens (tertiary/aromatic N) is 1. The minimum absolute atomic E-state index is 0.209. The first kappa shape index (κ1) is 20.1. The molecule has 0 radical (unpaired) electrons. The monoisotopic (exact) mass is 385 g/mol. The van der Waals surface area contributed by atoms with E-state index in [2.05, 4.69) is 29.7 Å². The second-order valence-electron chi connectivity index (χ2n) is 6.87. The number of guanidine groups is 1. The van der Waals surface area contributed by atoms with Crippen molar-refractivity contribution in [2.75, 3.05) is 26.4 Å². The maximum Gasteiger partial charge on any atom is 0.191 e. The van der Waals surface area contributed by atoms with Crippen LogP contribution in [0.15, 0.2) is 47.5 Å². The molecule has 0 saturated carbocycles. The van der Waals surface area contributed by atoms with Gasteiger partial charge in [-0.1, -0.05) is 37.3 Å². The predicted octanol–water partition coefficient (Wildman–Crippen LogP) is 3.59. The molecule has 0 aromatic heterocycles. The van der Waals surface area contributed by atoms with Crippen LogP contribution in [0.25, 0.3) is 0 Å². The molecular weight excluding hydrogens is 357 g/mol. The Morgan fingerprint density at radius 3 is 2.82 bits per heavy atom.